The van der Waals surface area contributed by atoms with Gasteiger partial charge < -0.3 is 31.7 Å². The van der Waals surface area contributed by atoms with E-state index in [1.54, 1.807) is 6.20 Å². The Kier molecular flexibility index (Phi) is 8.17. The van der Waals surface area contributed by atoms with Crippen molar-refractivity contribution >= 4 is 23.3 Å². The number of piperidine rings is 1. The summed E-state index contributed by atoms with van der Waals surface area (Å²) in [5, 5.41) is 6.07. The van der Waals surface area contributed by atoms with Crippen LogP contribution in [0.1, 0.15) is 76.6 Å². The molecule has 3 aromatic rings. The minimum Gasteiger partial charge on any atom is -0.493 e. The third kappa shape index (κ3) is 6.62. The van der Waals surface area contributed by atoms with Gasteiger partial charge in [0.05, 0.1) is 23.9 Å². The molecule has 3 atom stereocenters. The van der Waals surface area contributed by atoms with E-state index in [1.807, 2.05) is 69.3 Å². The second-order valence-corrected chi connectivity index (χ2v) is 11.6. The average Bonchev–Trinajstić information content (AvgIpc) is 3.43. The van der Waals surface area contributed by atoms with Crippen molar-refractivity contribution in [3.63, 3.8) is 0 Å². The van der Waals surface area contributed by atoms with Gasteiger partial charge in [0.1, 0.15) is 11.6 Å². The zero-order chi connectivity index (χ0) is 29.1. The summed E-state index contributed by atoms with van der Waals surface area (Å²) < 4.78 is 5.74. The number of nitrogens with two attached hydrogens (primary N) is 2. The summed E-state index contributed by atoms with van der Waals surface area (Å²) in [6.07, 6.45) is 5.16. The standard InChI is InChI=1S/C32H40N6O3/c1-20-27(12-8-24-14-16-41-29(20)24)31(40)37-32(3,34)17-22-5-4-15-38(19-22)28-13-9-25(18-35-28)30(39)36-21(2)23-6-10-26(33)11-7-23/h6-13,18,21-22H,4-5,14-17,19,33-34H2,1-3H3,(H,36,39)(H,37,40)/t21-,22?,32?/m0/s1. The lowest BCUT2D eigenvalue weighted by Crippen LogP contribution is -2.55. The van der Waals surface area contributed by atoms with Crippen LogP contribution in [-0.2, 0) is 6.42 Å². The molecular formula is C32H40N6O3. The maximum atomic E-state index is 13.2. The number of ether oxygens (including phenoxy) is 1. The van der Waals surface area contributed by atoms with Gasteiger partial charge in [0, 0.05) is 42.5 Å². The zero-order valence-electron chi connectivity index (χ0n) is 24.1. The fourth-order valence-electron chi connectivity index (χ4n) is 5.93. The van der Waals surface area contributed by atoms with Gasteiger partial charge >= 0.3 is 0 Å². The lowest BCUT2D eigenvalue weighted by atomic mass is 9.89. The second-order valence-electron chi connectivity index (χ2n) is 11.6. The monoisotopic (exact) mass is 556 g/mol. The molecule has 2 aliphatic heterocycles. The number of aromatic nitrogens is 1. The van der Waals surface area contributed by atoms with Gasteiger partial charge in [-0.3, -0.25) is 9.59 Å². The Morgan fingerprint density at radius 1 is 1.15 bits per heavy atom. The summed E-state index contributed by atoms with van der Waals surface area (Å²) in [6, 6.07) is 14.9. The summed E-state index contributed by atoms with van der Waals surface area (Å²) in [7, 11) is 0. The summed E-state index contributed by atoms with van der Waals surface area (Å²) in [6.45, 7) is 8.05. The van der Waals surface area contributed by atoms with Crippen LogP contribution in [0.5, 0.6) is 5.75 Å². The van der Waals surface area contributed by atoms with Crippen molar-refractivity contribution < 1.29 is 14.3 Å². The first-order chi connectivity index (χ1) is 19.6. The number of hydrogen-bond donors (Lipinski definition) is 4. The van der Waals surface area contributed by atoms with E-state index < -0.39 is 5.66 Å². The van der Waals surface area contributed by atoms with Crippen LogP contribution >= 0.6 is 0 Å². The third-order valence-electron chi connectivity index (χ3n) is 8.10. The van der Waals surface area contributed by atoms with Crippen molar-refractivity contribution in [1.29, 1.82) is 0 Å². The quantitative estimate of drug-likeness (QED) is 0.242. The summed E-state index contributed by atoms with van der Waals surface area (Å²) >= 11 is 0. The van der Waals surface area contributed by atoms with Crippen molar-refractivity contribution in [2.24, 2.45) is 11.7 Å². The topological polar surface area (TPSA) is 136 Å². The molecule has 2 aromatic carbocycles. The van der Waals surface area contributed by atoms with Crippen LogP contribution in [0.25, 0.3) is 0 Å². The summed E-state index contributed by atoms with van der Waals surface area (Å²) in [5.74, 6) is 1.58. The Balaban J connectivity index is 1.16. The Morgan fingerprint density at radius 2 is 1.93 bits per heavy atom. The van der Waals surface area contributed by atoms with Crippen molar-refractivity contribution in [3.05, 3.63) is 82.5 Å². The van der Waals surface area contributed by atoms with Crippen molar-refractivity contribution in [2.45, 2.75) is 58.2 Å². The van der Waals surface area contributed by atoms with Crippen LogP contribution in [0.2, 0.25) is 0 Å². The first-order valence-electron chi connectivity index (χ1n) is 14.3. The molecule has 0 aliphatic carbocycles. The van der Waals surface area contributed by atoms with E-state index in [0.29, 0.717) is 29.8 Å². The van der Waals surface area contributed by atoms with Crippen LogP contribution in [-0.4, -0.2) is 42.2 Å². The molecule has 0 bridgehead atoms. The molecule has 3 heterocycles. The highest BCUT2D eigenvalue weighted by Crippen LogP contribution is 2.32. The molecule has 1 aromatic heterocycles. The van der Waals surface area contributed by atoms with E-state index >= 15 is 0 Å². The molecule has 0 saturated carbocycles. The number of anilines is 2. The molecule has 1 fully saturated rings. The van der Waals surface area contributed by atoms with Crippen LogP contribution in [0.15, 0.2) is 54.7 Å². The SMILES string of the molecule is Cc1c(C(=O)NC(C)(N)CC2CCCN(c3ccc(C(=O)N[C@@H](C)c4ccc(N)cc4)cn3)C2)ccc2c1OCC2. The van der Waals surface area contributed by atoms with E-state index in [9.17, 15) is 9.59 Å². The lowest BCUT2D eigenvalue weighted by molar-refractivity contribution is 0.0889. The number of rotatable bonds is 8. The molecule has 9 nitrogen and oxygen atoms in total. The number of carbonyl (C=O) groups is 2. The number of fused-ring (bicyclic) bond motifs is 1. The van der Waals surface area contributed by atoms with Crippen LogP contribution in [0.3, 0.4) is 0 Å². The maximum Gasteiger partial charge on any atom is 0.253 e. The fourth-order valence-corrected chi connectivity index (χ4v) is 5.93. The molecule has 0 radical (unpaired) electrons. The number of pyridine rings is 1. The van der Waals surface area contributed by atoms with E-state index in [2.05, 4.69) is 20.5 Å². The van der Waals surface area contributed by atoms with Gasteiger partial charge in [-0.1, -0.05) is 18.2 Å². The van der Waals surface area contributed by atoms with Crippen molar-refractivity contribution in [1.82, 2.24) is 15.6 Å². The number of carbonyl (C=O) groups excluding carboxylic acids is 2. The molecule has 2 unspecified atom stereocenters. The molecule has 9 heteroatoms. The van der Waals surface area contributed by atoms with Crippen LogP contribution in [0.4, 0.5) is 11.5 Å². The van der Waals surface area contributed by atoms with E-state index in [0.717, 1.165) is 60.6 Å². The van der Waals surface area contributed by atoms with Gasteiger partial charge in [-0.15, -0.1) is 0 Å². The molecule has 1 saturated heterocycles. The highest BCUT2D eigenvalue weighted by Gasteiger charge is 2.31. The lowest BCUT2D eigenvalue weighted by Gasteiger charge is -2.37. The van der Waals surface area contributed by atoms with E-state index in [-0.39, 0.29) is 23.8 Å². The third-order valence-corrected chi connectivity index (χ3v) is 8.10. The number of nitrogens with zero attached hydrogens (tertiary/aromatic N) is 2. The predicted octanol–water partition coefficient (Wildman–Crippen LogP) is 4.11. The summed E-state index contributed by atoms with van der Waals surface area (Å²) in [5.41, 5.74) is 16.3. The smallest absolute Gasteiger partial charge is 0.253 e. The zero-order valence-corrected chi connectivity index (χ0v) is 24.1. The number of nitrogen functional groups attached to an aromatic ring is 1. The molecule has 6 N–H and O–H groups in total. The predicted molar refractivity (Wildman–Crippen MR) is 161 cm³/mol. The van der Waals surface area contributed by atoms with Crippen LogP contribution in [0, 0.1) is 12.8 Å². The Labute approximate surface area is 241 Å². The summed E-state index contributed by atoms with van der Waals surface area (Å²) in [4.78, 5) is 32.8. The average molecular weight is 557 g/mol. The first-order valence-corrected chi connectivity index (χ1v) is 14.3. The molecule has 2 amide bonds. The Hall–Kier alpha value is -4.11. The normalized spacial score (nSPS) is 18.5. The number of amides is 2. The first kappa shape index (κ1) is 28.4. The highest BCUT2D eigenvalue weighted by atomic mass is 16.5. The Bertz CT molecular complexity index is 1400. The van der Waals surface area contributed by atoms with Gasteiger partial charge in [-0.05, 0) is 87.4 Å². The number of hydrogen-bond acceptors (Lipinski definition) is 7. The molecule has 41 heavy (non-hydrogen) atoms. The van der Waals surface area contributed by atoms with E-state index in [1.165, 1.54) is 0 Å². The van der Waals surface area contributed by atoms with Gasteiger partial charge in [0.15, 0.2) is 0 Å². The fraction of sp³-hybridized carbons (Fsp3) is 0.406. The van der Waals surface area contributed by atoms with Gasteiger partial charge in [-0.25, -0.2) is 4.98 Å². The number of nitrogens with one attached hydrogen (secondary N) is 2. The largest absolute Gasteiger partial charge is 0.493 e. The molecule has 216 valence electrons. The van der Waals surface area contributed by atoms with Gasteiger partial charge in [0.25, 0.3) is 11.8 Å². The molecule has 0 spiro atoms. The van der Waals surface area contributed by atoms with Gasteiger partial charge in [-0.2, -0.15) is 0 Å². The van der Waals surface area contributed by atoms with Gasteiger partial charge in [0.2, 0.25) is 0 Å². The highest BCUT2D eigenvalue weighted by molar-refractivity contribution is 5.97. The number of benzene rings is 2. The minimum atomic E-state index is -0.867. The second kappa shape index (κ2) is 11.8. The van der Waals surface area contributed by atoms with E-state index in [4.69, 9.17) is 16.2 Å². The molecule has 5 rings (SSSR count). The Morgan fingerprint density at radius 3 is 2.66 bits per heavy atom. The minimum absolute atomic E-state index is 0.156. The van der Waals surface area contributed by atoms with Crippen molar-refractivity contribution in [2.75, 3.05) is 30.3 Å². The molecular weight excluding hydrogens is 516 g/mol. The molecule has 2 aliphatic rings. The maximum absolute atomic E-state index is 13.2. The van der Waals surface area contributed by atoms with Crippen molar-refractivity contribution in [3.8, 4) is 5.75 Å². The van der Waals surface area contributed by atoms with Crippen LogP contribution < -0.4 is 31.7 Å².